The third kappa shape index (κ3) is 4.43. The Morgan fingerprint density at radius 3 is 2.47 bits per heavy atom. The molecule has 2 aromatic carbocycles. The molecule has 1 heterocycles. The maximum atomic E-state index is 14.3. The minimum absolute atomic E-state index is 0.122. The highest BCUT2D eigenvalue weighted by atomic mass is 19.1. The molecule has 36 heavy (non-hydrogen) atoms. The van der Waals surface area contributed by atoms with Gasteiger partial charge in [0, 0.05) is 18.9 Å². The van der Waals surface area contributed by atoms with Gasteiger partial charge in [-0.3, -0.25) is 4.79 Å². The first-order valence-corrected chi connectivity index (χ1v) is 11.2. The molecule has 0 aliphatic heterocycles. The number of nitrogens with zero attached hydrogens (tertiary/aromatic N) is 2. The number of amides is 1. The van der Waals surface area contributed by atoms with Crippen molar-refractivity contribution in [3.05, 3.63) is 82.4 Å². The van der Waals surface area contributed by atoms with Crippen LogP contribution in [0.2, 0.25) is 0 Å². The second-order valence-corrected chi connectivity index (χ2v) is 8.45. The summed E-state index contributed by atoms with van der Waals surface area (Å²) in [6.45, 7) is 2.07. The van der Waals surface area contributed by atoms with Gasteiger partial charge in [-0.1, -0.05) is 6.07 Å². The number of fused-ring (bicyclic) bond motifs is 1. The lowest BCUT2D eigenvalue weighted by Gasteiger charge is -2.14. The highest BCUT2D eigenvalue weighted by molar-refractivity contribution is 6.10. The zero-order valence-electron chi connectivity index (χ0n) is 20.4. The lowest BCUT2D eigenvalue weighted by Crippen LogP contribution is -2.31. The summed E-state index contributed by atoms with van der Waals surface area (Å²) < 4.78 is 26.7. The summed E-state index contributed by atoms with van der Waals surface area (Å²) in [7, 11) is 4.75. The Morgan fingerprint density at radius 1 is 1.19 bits per heavy atom. The van der Waals surface area contributed by atoms with Crippen molar-refractivity contribution in [3.8, 4) is 23.3 Å². The molecule has 0 saturated carbocycles. The first-order chi connectivity index (χ1) is 17.3. The lowest BCUT2D eigenvalue weighted by atomic mass is 9.92. The average molecular weight is 488 g/mol. The van der Waals surface area contributed by atoms with Gasteiger partial charge in [0.1, 0.15) is 5.82 Å². The first kappa shape index (κ1) is 24.6. The van der Waals surface area contributed by atoms with Crippen LogP contribution in [0, 0.1) is 23.1 Å². The van der Waals surface area contributed by atoms with Crippen LogP contribution >= 0.6 is 0 Å². The van der Waals surface area contributed by atoms with E-state index in [-0.39, 0.29) is 23.8 Å². The van der Waals surface area contributed by atoms with E-state index in [9.17, 15) is 19.6 Å². The van der Waals surface area contributed by atoms with Crippen LogP contribution in [0.5, 0.6) is 17.2 Å². The quantitative estimate of drug-likeness (QED) is 0.505. The number of halogens is 1. The van der Waals surface area contributed by atoms with Crippen molar-refractivity contribution >= 4 is 23.1 Å². The molecule has 1 aliphatic rings. The van der Waals surface area contributed by atoms with Gasteiger partial charge < -0.3 is 24.5 Å². The highest BCUT2D eigenvalue weighted by Gasteiger charge is 2.33. The summed E-state index contributed by atoms with van der Waals surface area (Å²) in [4.78, 5) is 13.1. The summed E-state index contributed by atoms with van der Waals surface area (Å²) in [5.74, 6) is -1.72. The lowest BCUT2D eigenvalue weighted by molar-refractivity contribution is -0.122. The van der Waals surface area contributed by atoms with Crippen molar-refractivity contribution in [2.75, 3.05) is 14.2 Å². The molecule has 4 rings (SSSR count). The number of allylic oxidation sites excluding steroid dienone is 2. The molecule has 1 unspecified atom stereocenters. The standard InChI is InChI=1S/C28H26FN3O4/c1-16-21(10-17-11-24(35-3)27(33)25(12-17)36-4)20-8-7-18(29)13-22(20)26(16)23(14-30)28(34)31-15-19-6-5-9-32(19)2/h5-13,23,33H,15H2,1-4H3,(H,31,34)/b21-10-. The zero-order valence-corrected chi connectivity index (χ0v) is 20.4. The number of carbonyl (C=O) groups excluding carboxylic acids is 1. The summed E-state index contributed by atoms with van der Waals surface area (Å²) in [6, 6.07) is 13.5. The Kier molecular flexibility index (Phi) is 6.84. The molecule has 7 nitrogen and oxygen atoms in total. The van der Waals surface area contributed by atoms with Crippen molar-refractivity contribution in [1.29, 1.82) is 5.26 Å². The number of nitrogens with one attached hydrogen (secondary N) is 1. The number of benzene rings is 2. The summed E-state index contributed by atoms with van der Waals surface area (Å²) in [5, 5.41) is 23.1. The van der Waals surface area contributed by atoms with Gasteiger partial charge in [0.05, 0.1) is 26.8 Å². The monoisotopic (exact) mass is 487 g/mol. The minimum atomic E-state index is -1.14. The Bertz CT molecular complexity index is 1420. The fourth-order valence-electron chi connectivity index (χ4n) is 4.46. The van der Waals surface area contributed by atoms with Gasteiger partial charge in [-0.25, -0.2) is 4.39 Å². The maximum Gasteiger partial charge on any atom is 0.242 e. The van der Waals surface area contributed by atoms with Crippen molar-refractivity contribution < 1.29 is 23.8 Å². The summed E-state index contributed by atoms with van der Waals surface area (Å²) >= 11 is 0. The summed E-state index contributed by atoms with van der Waals surface area (Å²) in [5.41, 5.74) is 4.61. The number of aromatic nitrogens is 1. The van der Waals surface area contributed by atoms with Gasteiger partial charge in [0.2, 0.25) is 11.7 Å². The SMILES string of the molecule is COc1cc(/C=C2/C(C)=C(C(C#N)C(=O)NCc3cccn3C)c3cc(F)ccc32)cc(OC)c1O. The predicted molar refractivity (Wildman–Crippen MR) is 134 cm³/mol. The van der Waals surface area contributed by atoms with E-state index in [2.05, 4.69) is 11.4 Å². The number of aromatic hydroxyl groups is 1. The molecule has 0 spiro atoms. The Labute approximate surface area is 208 Å². The van der Waals surface area contributed by atoms with E-state index in [4.69, 9.17) is 9.47 Å². The van der Waals surface area contributed by atoms with E-state index < -0.39 is 17.6 Å². The van der Waals surface area contributed by atoms with Gasteiger partial charge in [-0.15, -0.1) is 0 Å². The number of hydrogen-bond acceptors (Lipinski definition) is 5. The molecule has 8 heteroatoms. The number of hydrogen-bond donors (Lipinski definition) is 2. The largest absolute Gasteiger partial charge is 0.502 e. The van der Waals surface area contributed by atoms with E-state index in [1.807, 2.05) is 42.9 Å². The van der Waals surface area contributed by atoms with Crippen LogP contribution in [0.15, 0.2) is 54.2 Å². The van der Waals surface area contributed by atoms with Gasteiger partial charge in [0.15, 0.2) is 17.4 Å². The number of aryl methyl sites for hydroxylation is 1. The van der Waals surface area contributed by atoms with Crippen LogP contribution < -0.4 is 14.8 Å². The fraction of sp³-hybridized carbons (Fsp3) is 0.214. The molecule has 184 valence electrons. The van der Waals surface area contributed by atoms with E-state index in [1.165, 1.54) is 26.4 Å². The molecule has 1 atom stereocenters. The van der Waals surface area contributed by atoms with Crippen LogP contribution in [-0.4, -0.2) is 29.8 Å². The Hall–Kier alpha value is -4.51. The minimum Gasteiger partial charge on any atom is -0.502 e. The number of nitriles is 1. The molecule has 1 amide bonds. The van der Waals surface area contributed by atoms with Crippen LogP contribution in [0.1, 0.15) is 29.3 Å². The van der Waals surface area contributed by atoms with Crippen LogP contribution in [0.4, 0.5) is 4.39 Å². The second-order valence-electron chi connectivity index (χ2n) is 8.45. The zero-order chi connectivity index (χ0) is 26.0. The maximum absolute atomic E-state index is 14.3. The van der Waals surface area contributed by atoms with Crippen molar-refractivity contribution in [1.82, 2.24) is 9.88 Å². The van der Waals surface area contributed by atoms with Gasteiger partial charge in [-0.05, 0) is 82.8 Å². The van der Waals surface area contributed by atoms with Gasteiger partial charge in [-0.2, -0.15) is 5.26 Å². The van der Waals surface area contributed by atoms with Crippen LogP contribution in [-0.2, 0) is 18.4 Å². The number of phenolic OH excluding ortho intramolecular Hbond substituents is 1. The van der Waals surface area contributed by atoms with E-state index in [1.54, 1.807) is 18.2 Å². The average Bonchev–Trinajstić information content (AvgIpc) is 3.39. The molecule has 2 N–H and O–H groups in total. The molecule has 1 aromatic heterocycles. The number of carbonyl (C=O) groups is 1. The number of methoxy groups -OCH3 is 2. The van der Waals surface area contributed by atoms with Gasteiger partial charge >= 0.3 is 0 Å². The van der Waals surface area contributed by atoms with Gasteiger partial charge in [0.25, 0.3) is 0 Å². The predicted octanol–water partition coefficient (Wildman–Crippen LogP) is 4.67. The molecule has 0 saturated heterocycles. The van der Waals surface area contributed by atoms with Crippen LogP contribution in [0.3, 0.4) is 0 Å². The molecular weight excluding hydrogens is 461 g/mol. The normalized spacial score (nSPS) is 14.4. The summed E-state index contributed by atoms with van der Waals surface area (Å²) in [6.07, 6.45) is 3.70. The molecule has 3 aromatic rings. The van der Waals surface area contributed by atoms with E-state index in [0.717, 1.165) is 11.3 Å². The van der Waals surface area contributed by atoms with E-state index >= 15 is 0 Å². The first-order valence-electron chi connectivity index (χ1n) is 11.2. The molecule has 1 aliphatic carbocycles. The number of rotatable bonds is 7. The Morgan fingerprint density at radius 2 is 1.89 bits per heavy atom. The fourth-order valence-corrected chi connectivity index (χ4v) is 4.46. The topological polar surface area (TPSA) is 96.5 Å². The van der Waals surface area contributed by atoms with Crippen LogP contribution in [0.25, 0.3) is 17.2 Å². The van der Waals surface area contributed by atoms with Crippen molar-refractivity contribution in [2.45, 2.75) is 13.5 Å². The molecule has 0 fully saturated rings. The molecular formula is C28H26FN3O4. The molecule has 0 radical (unpaired) electrons. The smallest absolute Gasteiger partial charge is 0.242 e. The third-order valence-corrected chi connectivity index (χ3v) is 6.36. The van der Waals surface area contributed by atoms with Crippen molar-refractivity contribution in [2.24, 2.45) is 13.0 Å². The number of phenols is 1. The molecule has 0 bridgehead atoms. The third-order valence-electron chi connectivity index (χ3n) is 6.36. The Balaban J connectivity index is 1.78. The van der Waals surface area contributed by atoms with Crippen molar-refractivity contribution in [3.63, 3.8) is 0 Å². The van der Waals surface area contributed by atoms with E-state index in [0.29, 0.717) is 27.8 Å². The highest BCUT2D eigenvalue weighted by Crippen LogP contribution is 2.46. The second kappa shape index (κ2) is 10.0. The number of ether oxygens (including phenoxy) is 2.